The average Bonchev–Trinajstić information content (AvgIpc) is 2.83. The van der Waals surface area contributed by atoms with Crippen molar-refractivity contribution in [2.75, 3.05) is 0 Å². The lowest BCUT2D eigenvalue weighted by Gasteiger charge is -2.37. The van der Waals surface area contributed by atoms with Crippen LogP contribution < -0.4 is 16.4 Å². The molecule has 0 saturated heterocycles. The zero-order chi connectivity index (χ0) is 26.3. The molecule has 0 spiro atoms. The molecule has 1 heterocycles. The van der Waals surface area contributed by atoms with Crippen LogP contribution in [0.25, 0.3) is 11.1 Å². The summed E-state index contributed by atoms with van der Waals surface area (Å²) in [6.45, 7) is 5.30. The first-order valence-electron chi connectivity index (χ1n) is 12.1. The van der Waals surface area contributed by atoms with Gasteiger partial charge in [0.2, 0.25) is 5.91 Å². The number of benzene rings is 1. The number of hydrogen-bond acceptors (Lipinski definition) is 6. The van der Waals surface area contributed by atoms with Gasteiger partial charge in [-0.3, -0.25) is 14.6 Å². The number of nitrogens with two attached hydrogens (primary N) is 1. The molecule has 1 saturated carbocycles. The Kier molecular flexibility index (Phi) is 8.30. The molecular formula is C27H33N5O4. The number of rotatable bonds is 7. The highest BCUT2D eigenvalue weighted by molar-refractivity contribution is 5.91. The SMILES string of the molecule is CC(C)(C)OC(=O)NC1(C(=O)N[C@H](C#N)Cc2ccc(-c3ccc(C(N)=O)nc3)cc2)CCCCC1. The van der Waals surface area contributed by atoms with Gasteiger partial charge in [0.25, 0.3) is 5.91 Å². The molecular weight excluding hydrogens is 458 g/mol. The lowest BCUT2D eigenvalue weighted by atomic mass is 9.80. The van der Waals surface area contributed by atoms with E-state index in [0.29, 0.717) is 19.3 Å². The van der Waals surface area contributed by atoms with Gasteiger partial charge in [-0.25, -0.2) is 4.79 Å². The van der Waals surface area contributed by atoms with Gasteiger partial charge in [0.15, 0.2) is 0 Å². The third-order valence-corrected chi connectivity index (χ3v) is 6.09. The summed E-state index contributed by atoms with van der Waals surface area (Å²) in [6.07, 6.45) is 4.83. The normalized spacial score (nSPS) is 15.7. The Morgan fingerprint density at radius 3 is 2.25 bits per heavy atom. The zero-order valence-corrected chi connectivity index (χ0v) is 21.0. The Hall–Kier alpha value is -3.93. The second-order valence-corrected chi connectivity index (χ2v) is 10.1. The fourth-order valence-electron chi connectivity index (χ4n) is 4.27. The van der Waals surface area contributed by atoms with Gasteiger partial charge in [-0.2, -0.15) is 5.26 Å². The van der Waals surface area contributed by atoms with Crippen LogP contribution in [0.2, 0.25) is 0 Å². The number of nitriles is 1. The van der Waals surface area contributed by atoms with Crippen molar-refractivity contribution in [2.45, 2.75) is 76.5 Å². The molecule has 0 bridgehead atoms. The first-order valence-corrected chi connectivity index (χ1v) is 12.1. The van der Waals surface area contributed by atoms with Crippen LogP contribution in [-0.4, -0.2) is 40.1 Å². The molecule has 36 heavy (non-hydrogen) atoms. The lowest BCUT2D eigenvalue weighted by Crippen LogP contribution is -2.61. The van der Waals surface area contributed by atoms with Crippen LogP contribution in [0.15, 0.2) is 42.6 Å². The molecule has 0 aliphatic heterocycles. The Balaban J connectivity index is 1.67. The van der Waals surface area contributed by atoms with Crippen LogP contribution in [0.1, 0.15) is 68.9 Å². The largest absolute Gasteiger partial charge is 0.444 e. The molecule has 9 nitrogen and oxygen atoms in total. The maximum absolute atomic E-state index is 13.3. The van der Waals surface area contributed by atoms with E-state index in [0.717, 1.165) is 36.0 Å². The molecule has 1 aromatic carbocycles. The van der Waals surface area contributed by atoms with Crippen LogP contribution in [0.4, 0.5) is 4.79 Å². The second kappa shape index (κ2) is 11.2. The molecule has 1 fully saturated rings. The van der Waals surface area contributed by atoms with Gasteiger partial charge in [-0.05, 0) is 50.8 Å². The Bertz CT molecular complexity index is 1120. The van der Waals surface area contributed by atoms with Crippen molar-refractivity contribution in [3.63, 3.8) is 0 Å². The molecule has 1 aliphatic carbocycles. The number of primary amides is 1. The van der Waals surface area contributed by atoms with E-state index in [4.69, 9.17) is 10.5 Å². The quantitative estimate of drug-likeness (QED) is 0.539. The van der Waals surface area contributed by atoms with E-state index in [1.807, 2.05) is 24.3 Å². The second-order valence-electron chi connectivity index (χ2n) is 10.1. The summed E-state index contributed by atoms with van der Waals surface area (Å²) in [4.78, 5) is 41.1. The van der Waals surface area contributed by atoms with Crippen molar-refractivity contribution >= 4 is 17.9 Å². The molecule has 2 aromatic rings. The first kappa shape index (κ1) is 26.7. The topological polar surface area (TPSA) is 147 Å². The minimum Gasteiger partial charge on any atom is -0.444 e. The van der Waals surface area contributed by atoms with Crippen molar-refractivity contribution in [1.29, 1.82) is 5.26 Å². The summed E-state index contributed by atoms with van der Waals surface area (Å²) in [5.74, 6) is -0.949. The summed E-state index contributed by atoms with van der Waals surface area (Å²) < 4.78 is 5.39. The van der Waals surface area contributed by atoms with Crippen LogP contribution in [-0.2, 0) is 16.0 Å². The van der Waals surface area contributed by atoms with Gasteiger partial charge < -0.3 is 21.1 Å². The van der Waals surface area contributed by atoms with E-state index < -0.39 is 29.2 Å². The van der Waals surface area contributed by atoms with Crippen molar-refractivity contribution in [3.8, 4) is 17.2 Å². The highest BCUT2D eigenvalue weighted by Crippen LogP contribution is 2.29. The third-order valence-electron chi connectivity index (χ3n) is 6.09. The Morgan fingerprint density at radius 2 is 1.72 bits per heavy atom. The van der Waals surface area contributed by atoms with E-state index >= 15 is 0 Å². The fourth-order valence-corrected chi connectivity index (χ4v) is 4.27. The predicted molar refractivity (Wildman–Crippen MR) is 135 cm³/mol. The molecule has 9 heteroatoms. The lowest BCUT2D eigenvalue weighted by molar-refractivity contribution is -0.129. The number of amides is 3. The van der Waals surface area contributed by atoms with Gasteiger partial charge in [0.1, 0.15) is 22.9 Å². The first-order chi connectivity index (χ1) is 17.0. The van der Waals surface area contributed by atoms with Gasteiger partial charge in [0.05, 0.1) is 6.07 Å². The van der Waals surface area contributed by atoms with Crippen molar-refractivity contribution in [1.82, 2.24) is 15.6 Å². The summed E-state index contributed by atoms with van der Waals surface area (Å²) in [5.41, 5.74) is 6.23. The third kappa shape index (κ3) is 7.04. The molecule has 0 radical (unpaired) electrons. The minimum absolute atomic E-state index is 0.194. The van der Waals surface area contributed by atoms with Crippen LogP contribution in [0.5, 0.6) is 0 Å². The van der Waals surface area contributed by atoms with Crippen molar-refractivity contribution < 1.29 is 19.1 Å². The van der Waals surface area contributed by atoms with Crippen molar-refractivity contribution in [2.24, 2.45) is 5.73 Å². The highest BCUT2D eigenvalue weighted by Gasteiger charge is 2.42. The van der Waals surface area contributed by atoms with Gasteiger partial charge in [-0.15, -0.1) is 0 Å². The van der Waals surface area contributed by atoms with E-state index in [1.165, 1.54) is 0 Å². The smallest absolute Gasteiger partial charge is 0.408 e. The van der Waals surface area contributed by atoms with Crippen LogP contribution in [0.3, 0.4) is 0 Å². The number of nitrogens with one attached hydrogen (secondary N) is 2. The van der Waals surface area contributed by atoms with Gasteiger partial charge >= 0.3 is 6.09 Å². The molecule has 190 valence electrons. The summed E-state index contributed by atoms with van der Waals surface area (Å²) in [5, 5.41) is 15.4. The number of carbonyl (C=O) groups excluding carboxylic acids is 3. The maximum atomic E-state index is 13.3. The van der Waals surface area contributed by atoms with Crippen LogP contribution in [0, 0.1) is 11.3 Å². The standard InChI is InChI=1S/C27H33N5O4/c1-26(2,3)36-25(35)32-27(13-5-4-6-14-27)24(34)31-21(16-28)15-18-7-9-19(10-8-18)20-11-12-22(23(29)33)30-17-20/h7-12,17,21H,4-6,13-15H2,1-3H3,(H2,29,33)(H,31,34)(H,32,35)/t21-/m0/s1. The van der Waals surface area contributed by atoms with E-state index in [-0.39, 0.29) is 11.6 Å². The van der Waals surface area contributed by atoms with Crippen LogP contribution >= 0.6 is 0 Å². The number of nitrogens with zero attached hydrogens (tertiary/aromatic N) is 2. The Labute approximate surface area is 211 Å². The maximum Gasteiger partial charge on any atom is 0.408 e. The van der Waals surface area contributed by atoms with E-state index in [1.54, 1.807) is 39.1 Å². The van der Waals surface area contributed by atoms with E-state index in [2.05, 4.69) is 21.7 Å². The summed E-state index contributed by atoms with van der Waals surface area (Å²) in [6, 6.07) is 12.3. The molecule has 1 aromatic heterocycles. The number of aromatic nitrogens is 1. The monoisotopic (exact) mass is 491 g/mol. The molecule has 0 unspecified atom stereocenters. The summed E-state index contributed by atoms with van der Waals surface area (Å²) in [7, 11) is 0. The van der Waals surface area contributed by atoms with Gasteiger partial charge in [-0.1, -0.05) is 49.6 Å². The van der Waals surface area contributed by atoms with Crippen molar-refractivity contribution in [3.05, 3.63) is 53.9 Å². The molecule has 1 aliphatic rings. The highest BCUT2D eigenvalue weighted by atomic mass is 16.6. The number of pyridine rings is 1. The average molecular weight is 492 g/mol. The number of hydrogen-bond donors (Lipinski definition) is 3. The number of alkyl carbamates (subject to hydrolysis) is 1. The molecule has 3 amide bonds. The molecule has 1 atom stereocenters. The van der Waals surface area contributed by atoms with E-state index in [9.17, 15) is 19.6 Å². The predicted octanol–water partition coefficient (Wildman–Crippen LogP) is 3.63. The van der Waals surface area contributed by atoms with Gasteiger partial charge in [0, 0.05) is 18.2 Å². The fraction of sp³-hybridized carbons (Fsp3) is 0.444. The zero-order valence-electron chi connectivity index (χ0n) is 21.0. The molecule has 3 rings (SSSR count). The Morgan fingerprint density at radius 1 is 1.08 bits per heavy atom. The minimum atomic E-state index is -1.09. The molecule has 4 N–H and O–H groups in total. The summed E-state index contributed by atoms with van der Waals surface area (Å²) >= 11 is 0. The number of carbonyl (C=O) groups is 3. The number of ether oxygens (including phenoxy) is 1.